The monoisotopic (exact) mass is 646 g/mol. The number of aromatic nitrogens is 2. The second kappa shape index (κ2) is 19.1. The fraction of sp³-hybridized carbons (Fsp3) is 0.194. The molecule has 2 aromatic carbocycles. The van der Waals surface area contributed by atoms with Crippen LogP contribution in [-0.4, -0.2) is 52.3 Å². The molecule has 0 atom stereocenters. The van der Waals surface area contributed by atoms with E-state index in [0.29, 0.717) is 45.4 Å². The number of carbonyl (C=O) groups is 3. The molecule has 0 saturated heterocycles. The van der Waals surface area contributed by atoms with Crippen LogP contribution in [0.3, 0.4) is 0 Å². The van der Waals surface area contributed by atoms with Crippen LogP contribution in [0.4, 0.5) is 0 Å². The predicted molar refractivity (Wildman–Crippen MR) is 152 cm³/mol. The van der Waals surface area contributed by atoms with Crippen LogP contribution in [-0.2, 0) is 31.5 Å². The van der Waals surface area contributed by atoms with Crippen molar-refractivity contribution in [3.05, 3.63) is 72.3 Å². The van der Waals surface area contributed by atoms with E-state index in [-0.39, 0.29) is 28.6 Å². The number of carboxylic acids is 3. The Labute approximate surface area is 265 Å². The fourth-order valence-corrected chi connectivity index (χ4v) is 3.40. The number of methoxy groups -OCH3 is 2. The van der Waals surface area contributed by atoms with E-state index in [9.17, 15) is 10.2 Å². The second-order valence-corrected chi connectivity index (χ2v) is 8.54. The van der Waals surface area contributed by atoms with E-state index in [1.165, 1.54) is 7.11 Å². The van der Waals surface area contributed by atoms with E-state index in [2.05, 4.69) is 0 Å². The van der Waals surface area contributed by atoms with Gasteiger partial charge in [-0.1, -0.05) is 12.1 Å². The van der Waals surface area contributed by atoms with E-state index < -0.39 is 17.9 Å². The largest absolute Gasteiger partial charge is 3.00 e. The molecule has 0 radical (unpaired) electrons. The molecule has 232 valence electrons. The molecule has 0 aliphatic rings. The third-order valence-electron chi connectivity index (χ3n) is 4.96. The van der Waals surface area contributed by atoms with Crippen molar-refractivity contribution in [3.8, 4) is 56.9 Å². The number of aliphatic carboxylic acids is 3. The van der Waals surface area contributed by atoms with Crippen molar-refractivity contribution in [1.29, 1.82) is 0 Å². The summed E-state index contributed by atoms with van der Waals surface area (Å²) in [6.45, 7) is 4.85. The van der Waals surface area contributed by atoms with Gasteiger partial charge in [0, 0.05) is 29.0 Å². The Balaban J connectivity index is 0.00000122. The van der Waals surface area contributed by atoms with E-state index in [4.69, 9.17) is 49.1 Å². The first-order valence-corrected chi connectivity index (χ1v) is 12.4. The minimum atomic E-state index is -1.08. The zero-order valence-corrected chi connectivity index (χ0v) is 26.0. The standard InChI is InChI=1S/C25H22N2O4.3C2H4O2.Mn/c1-15-12-18(25(29)24(13-15)31-3)20-7-5-9-22(27-20)21-8-4-6-19(26-21)17-14-16(30-2)10-11-23(17)28;3*1-2(3)4;/h4-14,28-29H,1-3H3;3*1H3,(H,3,4);/q;;;;+3/p-3. The normalized spacial score (nSPS) is 9.23. The molecular formula is C31H31MnN2O10. The van der Waals surface area contributed by atoms with Gasteiger partial charge in [-0.25, -0.2) is 9.97 Å². The van der Waals surface area contributed by atoms with Crippen LogP contribution in [0.1, 0.15) is 26.3 Å². The molecule has 0 unspecified atom stereocenters. The molecule has 0 bridgehead atoms. The molecule has 2 aromatic heterocycles. The summed E-state index contributed by atoms with van der Waals surface area (Å²) < 4.78 is 10.5. The van der Waals surface area contributed by atoms with Crippen molar-refractivity contribution in [3.63, 3.8) is 0 Å². The summed E-state index contributed by atoms with van der Waals surface area (Å²) in [5, 5.41) is 47.5. The van der Waals surface area contributed by atoms with Crippen LogP contribution in [0, 0.1) is 6.92 Å². The van der Waals surface area contributed by atoms with E-state index >= 15 is 0 Å². The van der Waals surface area contributed by atoms with E-state index in [1.54, 1.807) is 31.4 Å². The maximum atomic E-state index is 10.6. The van der Waals surface area contributed by atoms with Gasteiger partial charge in [-0.3, -0.25) is 0 Å². The Morgan fingerprint density at radius 3 is 1.52 bits per heavy atom. The Morgan fingerprint density at radius 2 is 1.09 bits per heavy atom. The Kier molecular flexibility index (Phi) is 16.9. The van der Waals surface area contributed by atoms with Gasteiger partial charge in [0.25, 0.3) is 0 Å². The maximum Gasteiger partial charge on any atom is 3.00 e. The summed E-state index contributed by atoms with van der Waals surface area (Å²) in [6, 6.07) is 19.7. The number of hydrogen-bond acceptors (Lipinski definition) is 12. The Bertz CT molecular complexity index is 1520. The second-order valence-electron chi connectivity index (χ2n) is 8.54. The van der Waals surface area contributed by atoms with Gasteiger partial charge in [0.1, 0.15) is 11.5 Å². The summed E-state index contributed by atoms with van der Waals surface area (Å²) in [7, 11) is 3.09. The first kappa shape index (κ1) is 38.9. The molecule has 0 saturated carbocycles. The van der Waals surface area contributed by atoms with Crippen LogP contribution < -0.4 is 24.8 Å². The third kappa shape index (κ3) is 13.2. The molecule has 4 rings (SSSR count). The van der Waals surface area contributed by atoms with E-state index in [1.807, 2.05) is 49.4 Å². The summed E-state index contributed by atoms with van der Waals surface area (Å²) in [5.41, 5.74) is 4.58. The molecule has 0 amide bonds. The van der Waals surface area contributed by atoms with Crippen molar-refractivity contribution in [2.45, 2.75) is 27.7 Å². The SMILES string of the molecule is CC(=O)[O-].CC(=O)[O-].CC(=O)[O-].COc1ccc(O)c(-c2cccc(-c3cccc(-c4cc(C)cc(OC)c4O)n3)n2)c1.[Mn+3]. The molecule has 0 aliphatic heterocycles. The molecular weight excluding hydrogens is 615 g/mol. The van der Waals surface area contributed by atoms with Crippen LogP contribution in [0.25, 0.3) is 33.9 Å². The Hall–Kier alpha value is -5.13. The number of rotatable bonds is 5. The van der Waals surface area contributed by atoms with Gasteiger partial charge in [0.15, 0.2) is 11.5 Å². The van der Waals surface area contributed by atoms with Gasteiger partial charge in [-0.05, 0) is 87.9 Å². The molecule has 2 N–H and O–H groups in total. The van der Waals surface area contributed by atoms with Gasteiger partial charge in [-0.15, -0.1) is 0 Å². The van der Waals surface area contributed by atoms with E-state index in [0.717, 1.165) is 26.3 Å². The number of nitrogens with zero attached hydrogens (tertiary/aromatic N) is 2. The molecule has 0 spiro atoms. The first-order valence-electron chi connectivity index (χ1n) is 12.4. The van der Waals surface area contributed by atoms with Crippen LogP contribution >= 0.6 is 0 Å². The van der Waals surface area contributed by atoms with Crippen molar-refractivity contribution in [1.82, 2.24) is 9.97 Å². The molecule has 13 heteroatoms. The quantitative estimate of drug-likeness (QED) is 0.296. The third-order valence-corrected chi connectivity index (χ3v) is 4.96. The molecule has 0 aliphatic carbocycles. The molecule has 12 nitrogen and oxygen atoms in total. The molecule has 2 heterocycles. The number of pyridine rings is 2. The van der Waals surface area contributed by atoms with Crippen molar-refractivity contribution < 1.29 is 66.5 Å². The number of ether oxygens (including phenoxy) is 2. The first-order chi connectivity index (χ1) is 20.2. The summed E-state index contributed by atoms with van der Waals surface area (Å²) in [5.74, 6) is -2.07. The van der Waals surface area contributed by atoms with Crippen molar-refractivity contribution in [2.24, 2.45) is 0 Å². The van der Waals surface area contributed by atoms with Crippen molar-refractivity contribution >= 4 is 17.9 Å². The molecule has 44 heavy (non-hydrogen) atoms. The predicted octanol–water partition coefficient (Wildman–Crippen LogP) is 1.48. The number of phenols is 2. The van der Waals surface area contributed by atoms with Crippen LogP contribution in [0.15, 0.2) is 66.7 Å². The average molecular weight is 647 g/mol. The number of carbonyl (C=O) groups excluding carboxylic acids is 3. The van der Waals surface area contributed by atoms with Gasteiger partial charge in [0.2, 0.25) is 0 Å². The average Bonchev–Trinajstić information content (AvgIpc) is 2.93. The fourth-order valence-electron chi connectivity index (χ4n) is 3.40. The molecule has 0 fully saturated rings. The maximum absolute atomic E-state index is 10.6. The van der Waals surface area contributed by atoms with Gasteiger partial charge in [-0.2, -0.15) is 0 Å². The van der Waals surface area contributed by atoms with Gasteiger partial charge < -0.3 is 49.4 Å². The molecule has 4 aromatic rings. The van der Waals surface area contributed by atoms with Crippen molar-refractivity contribution in [2.75, 3.05) is 14.2 Å². The number of hydrogen-bond donors (Lipinski definition) is 2. The summed E-state index contributed by atoms with van der Waals surface area (Å²) >= 11 is 0. The smallest absolute Gasteiger partial charge is 0.550 e. The van der Waals surface area contributed by atoms with Crippen LogP contribution in [0.5, 0.6) is 23.0 Å². The Morgan fingerprint density at radius 1 is 0.659 bits per heavy atom. The zero-order valence-electron chi connectivity index (χ0n) is 24.8. The number of aromatic hydroxyl groups is 2. The topological polar surface area (TPSA) is 205 Å². The van der Waals surface area contributed by atoms with Gasteiger partial charge >= 0.3 is 17.1 Å². The summed E-state index contributed by atoms with van der Waals surface area (Å²) in [4.78, 5) is 36.1. The minimum Gasteiger partial charge on any atom is -0.550 e. The number of carboxylic acid groups (broad SMARTS) is 3. The van der Waals surface area contributed by atoms with Gasteiger partial charge in [0.05, 0.1) is 37.0 Å². The number of benzene rings is 2. The summed E-state index contributed by atoms with van der Waals surface area (Å²) in [6.07, 6.45) is 0. The van der Waals surface area contributed by atoms with Crippen LogP contribution in [0.2, 0.25) is 0 Å². The minimum absolute atomic E-state index is 0. The number of aryl methyl sites for hydroxylation is 1. The zero-order chi connectivity index (χ0) is 32.7. The number of phenolic OH excluding ortho intramolecular Hbond substituents is 2.